The van der Waals surface area contributed by atoms with Gasteiger partial charge in [0.25, 0.3) is 0 Å². The molecule has 0 bridgehead atoms. The maximum atomic E-state index is 4.42. The molecule has 1 fully saturated rings. The lowest BCUT2D eigenvalue weighted by Crippen LogP contribution is -2.39. The number of nitrogens with zero attached hydrogens (tertiary/aromatic N) is 3. The van der Waals surface area contributed by atoms with Crippen molar-refractivity contribution in [2.75, 3.05) is 20.1 Å². The molecule has 1 unspecified atom stereocenters. The van der Waals surface area contributed by atoms with Crippen LogP contribution in [0.25, 0.3) is 0 Å². The fourth-order valence-corrected chi connectivity index (χ4v) is 2.95. The van der Waals surface area contributed by atoms with Gasteiger partial charge in [0, 0.05) is 32.3 Å². The summed E-state index contributed by atoms with van der Waals surface area (Å²) in [4.78, 5) is 11.1. The monoisotopic (exact) mass is 422 g/mol. The summed E-state index contributed by atoms with van der Waals surface area (Å²) in [6.07, 6.45) is 3.00. The Morgan fingerprint density at radius 1 is 1.22 bits per heavy atom. The molecule has 4 nitrogen and oxygen atoms in total. The van der Waals surface area contributed by atoms with Crippen molar-refractivity contribution in [1.29, 1.82) is 0 Å². The molecule has 3 rings (SSSR count). The van der Waals surface area contributed by atoms with E-state index in [0.717, 1.165) is 24.7 Å². The Bertz CT molecular complexity index is 615. The quantitative estimate of drug-likeness (QED) is 0.469. The van der Waals surface area contributed by atoms with Crippen molar-refractivity contribution >= 4 is 29.9 Å². The van der Waals surface area contributed by atoms with E-state index in [0.29, 0.717) is 12.5 Å². The molecule has 1 atom stereocenters. The van der Waals surface area contributed by atoms with Gasteiger partial charge in [-0.15, -0.1) is 24.0 Å². The van der Waals surface area contributed by atoms with Crippen LogP contribution in [0.4, 0.5) is 0 Å². The number of hydrogen-bond acceptors (Lipinski definition) is 2. The van der Waals surface area contributed by atoms with Crippen molar-refractivity contribution in [3.8, 4) is 0 Å². The van der Waals surface area contributed by atoms with Crippen LogP contribution in [-0.4, -0.2) is 36.0 Å². The molecule has 23 heavy (non-hydrogen) atoms. The Morgan fingerprint density at radius 3 is 2.70 bits per heavy atom. The third-order valence-electron chi connectivity index (χ3n) is 4.12. The first-order chi connectivity index (χ1) is 10.9. The Morgan fingerprint density at radius 2 is 2.00 bits per heavy atom. The summed E-state index contributed by atoms with van der Waals surface area (Å²) in [5.41, 5.74) is 2.45. The largest absolute Gasteiger partial charge is 0.351 e. The topological polar surface area (TPSA) is 40.5 Å². The number of benzene rings is 1. The zero-order valence-electron chi connectivity index (χ0n) is 13.4. The third-order valence-corrected chi connectivity index (χ3v) is 4.12. The molecule has 0 amide bonds. The van der Waals surface area contributed by atoms with Crippen LogP contribution in [0.3, 0.4) is 0 Å². The van der Waals surface area contributed by atoms with Gasteiger partial charge in [-0.25, -0.2) is 0 Å². The lowest BCUT2D eigenvalue weighted by molar-refractivity contribution is 0.485. The SMILES string of the molecule is CN=C(NCc1ccccn1)N1CCC(c2ccccc2)C1.I. The fraction of sp³-hybridized carbons (Fsp3) is 0.333. The fourth-order valence-electron chi connectivity index (χ4n) is 2.95. The van der Waals surface area contributed by atoms with Gasteiger partial charge >= 0.3 is 0 Å². The maximum Gasteiger partial charge on any atom is 0.193 e. The lowest BCUT2D eigenvalue weighted by Gasteiger charge is -2.21. The van der Waals surface area contributed by atoms with Crippen LogP contribution >= 0.6 is 24.0 Å². The summed E-state index contributed by atoms with van der Waals surface area (Å²) in [5, 5.41) is 3.41. The molecule has 1 aromatic carbocycles. The number of aliphatic imine (C=N–C) groups is 1. The Kier molecular flexibility index (Phi) is 6.83. The predicted octanol–water partition coefficient (Wildman–Crippen LogP) is 3.26. The van der Waals surface area contributed by atoms with Crippen molar-refractivity contribution in [2.24, 2.45) is 4.99 Å². The van der Waals surface area contributed by atoms with E-state index in [9.17, 15) is 0 Å². The molecule has 1 aromatic heterocycles. The molecule has 0 spiro atoms. The Hall–Kier alpha value is -1.63. The van der Waals surface area contributed by atoms with Gasteiger partial charge in [-0.3, -0.25) is 9.98 Å². The number of pyridine rings is 1. The predicted molar refractivity (Wildman–Crippen MR) is 105 cm³/mol. The zero-order valence-corrected chi connectivity index (χ0v) is 15.7. The summed E-state index contributed by atoms with van der Waals surface area (Å²) in [6, 6.07) is 16.7. The van der Waals surface area contributed by atoms with E-state index in [-0.39, 0.29) is 24.0 Å². The van der Waals surface area contributed by atoms with E-state index in [1.165, 1.54) is 12.0 Å². The smallest absolute Gasteiger partial charge is 0.193 e. The van der Waals surface area contributed by atoms with Gasteiger partial charge in [-0.1, -0.05) is 36.4 Å². The Labute approximate surface area is 155 Å². The molecule has 2 heterocycles. The van der Waals surface area contributed by atoms with Gasteiger partial charge in [0.2, 0.25) is 0 Å². The first-order valence-corrected chi connectivity index (χ1v) is 7.77. The van der Waals surface area contributed by atoms with Crippen molar-refractivity contribution in [3.63, 3.8) is 0 Å². The molecule has 5 heteroatoms. The highest BCUT2D eigenvalue weighted by molar-refractivity contribution is 14.0. The lowest BCUT2D eigenvalue weighted by atomic mass is 9.99. The molecule has 1 aliphatic heterocycles. The highest BCUT2D eigenvalue weighted by Crippen LogP contribution is 2.26. The van der Waals surface area contributed by atoms with E-state index in [2.05, 4.69) is 50.5 Å². The number of aromatic nitrogens is 1. The zero-order chi connectivity index (χ0) is 15.2. The van der Waals surface area contributed by atoms with Gasteiger partial charge in [-0.05, 0) is 24.1 Å². The van der Waals surface area contributed by atoms with Crippen LogP contribution < -0.4 is 5.32 Å². The molecule has 0 radical (unpaired) electrons. The minimum atomic E-state index is 0. The van der Waals surface area contributed by atoms with Crippen molar-refractivity contribution in [3.05, 3.63) is 66.0 Å². The van der Waals surface area contributed by atoms with E-state index in [1.54, 1.807) is 0 Å². The van der Waals surface area contributed by atoms with Crippen molar-refractivity contribution in [1.82, 2.24) is 15.2 Å². The van der Waals surface area contributed by atoms with Crippen LogP contribution in [0, 0.1) is 0 Å². The second-order valence-corrected chi connectivity index (χ2v) is 5.56. The maximum absolute atomic E-state index is 4.42. The van der Waals surface area contributed by atoms with Crippen LogP contribution in [0.2, 0.25) is 0 Å². The van der Waals surface area contributed by atoms with Gasteiger partial charge in [0.15, 0.2) is 5.96 Å². The average Bonchev–Trinajstić information content (AvgIpc) is 3.07. The minimum Gasteiger partial charge on any atom is -0.351 e. The van der Waals surface area contributed by atoms with Crippen molar-refractivity contribution in [2.45, 2.75) is 18.9 Å². The second-order valence-electron chi connectivity index (χ2n) is 5.56. The van der Waals surface area contributed by atoms with Crippen LogP contribution in [0.1, 0.15) is 23.6 Å². The number of hydrogen-bond donors (Lipinski definition) is 1. The first kappa shape index (κ1) is 17.7. The molecule has 1 saturated heterocycles. The Balaban J connectivity index is 0.00000192. The van der Waals surface area contributed by atoms with Gasteiger partial charge in [-0.2, -0.15) is 0 Å². The van der Waals surface area contributed by atoms with Crippen LogP contribution in [0.15, 0.2) is 59.7 Å². The molecule has 122 valence electrons. The summed E-state index contributed by atoms with van der Waals surface area (Å²) in [5.74, 6) is 1.55. The number of guanidine groups is 1. The summed E-state index contributed by atoms with van der Waals surface area (Å²) < 4.78 is 0. The van der Waals surface area contributed by atoms with Gasteiger partial charge in [0.05, 0.1) is 12.2 Å². The molecule has 1 N–H and O–H groups in total. The average molecular weight is 422 g/mol. The van der Waals surface area contributed by atoms with E-state index >= 15 is 0 Å². The van der Waals surface area contributed by atoms with Gasteiger partial charge in [0.1, 0.15) is 0 Å². The summed E-state index contributed by atoms with van der Waals surface area (Å²) >= 11 is 0. The minimum absolute atomic E-state index is 0. The molecule has 1 aliphatic rings. The second kappa shape index (κ2) is 8.86. The number of rotatable bonds is 3. The van der Waals surface area contributed by atoms with Crippen LogP contribution in [0.5, 0.6) is 0 Å². The standard InChI is InChI=1S/C18H22N4.HI/c1-19-18(21-13-17-9-5-6-11-20-17)22-12-10-16(14-22)15-7-3-2-4-8-15;/h2-9,11,16H,10,12-14H2,1H3,(H,19,21);1H. The third kappa shape index (κ3) is 4.67. The first-order valence-electron chi connectivity index (χ1n) is 7.77. The summed E-state index contributed by atoms with van der Waals surface area (Å²) in [6.45, 7) is 2.77. The van der Waals surface area contributed by atoms with E-state index < -0.39 is 0 Å². The number of nitrogens with one attached hydrogen (secondary N) is 1. The van der Waals surface area contributed by atoms with E-state index in [4.69, 9.17) is 0 Å². The van der Waals surface area contributed by atoms with Crippen LogP contribution in [-0.2, 0) is 6.54 Å². The molecular formula is C18H23IN4. The van der Waals surface area contributed by atoms with E-state index in [1.807, 2.05) is 31.4 Å². The molecule has 0 aliphatic carbocycles. The van der Waals surface area contributed by atoms with Gasteiger partial charge < -0.3 is 10.2 Å². The van der Waals surface area contributed by atoms with Crippen molar-refractivity contribution < 1.29 is 0 Å². The molecule has 0 saturated carbocycles. The molecular weight excluding hydrogens is 399 g/mol. The normalized spacial score (nSPS) is 17.7. The molecule has 2 aromatic rings. The number of likely N-dealkylation sites (tertiary alicyclic amines) is 1. The highest BCUT2D eigenvalue weighted by atomic mass is 127. The highest BCUT2D eigenvalue weighted by Gasteiger charge is 2.25. The summed E-state index contributed by atoms with van der Waals surface area (Å²) in [7, 11) is 1.84. The number of halogens is 1.